The molecule has 0 fully saturated rings. The van der Waals surface area contributed by atoms with Gasteiger partial charge >= 0.3 is 5.69 Å². The molecule has 0 aliphatic carbocycles. The van der Waals surface area contributed by atoms with E-state index in [-0.39, 0.29) is 11.4 Å². The molecule has 0 aliphatic heterocycles. The monoisotopic (exact) mass is 384 g/mol. The van der Waals surface area contributed by atoms with Gasteiger partial charge in [0.1, 0.15) is 16.4 Å². The number of benzene rings is 1. The number of hydrogen-bond donors (Lipinski definition) is 1. The topological polar surface area (TPSA) is 82.9 Å². The minimum atomic E-state index is -0.420. The quantitative estimate of drug-likeness (QED) is 0.730. The lowest BCUT2D eigenvalue weighted by atomic mass is 10.0. The van der Waals surface area contributed by atoms with Crippen LogP contribution in [0.5, 0.6) is 0 Å². The average Bonchev–Trinajstić information content (AvgIpc) is 3.13. The molecule has 0 spiro atoms. The van der Waals surface area contributed by atoms with Gasteiger partial charge in [0.2, 0.25) is 0 Å². The van der Waals surface area contributed by atoms with Crippen molar-refractivity contribution in [2.75, 3.05) is 5.73 Å². The first-order valence-electron chi connectivity index (χ1n) is 9.00. The smallest absolute Gasteiger partial charge is 0.332 e. The number of thiazole rings is 1. The second-order valence-electron chi connectivity index (χ2n) is 6.87. The van der Waals surface area contributed by atoms with Gasteiger partial charge in [-0.2, -0.15) is 0 Å². The van der Waals surface area contributed by atoms with Gasteiger partial charge in [-0.15, -0.1) is 11.3 Å². The van der Waals surface area contributed by atoms with Crippen LogP contribution in [-0.4, -0.2) is 14.1 Å². The van der Waals surface area contributed by atoms with Gasteiger partial charge in [-0.05, 0) is 17.9 Å². The van der Waals surface area contributed by atoms with Gasteiger partial charge in [-0.3, -0.25) is 13.9 Å². The van der Waals surface area contributed by atoms with Crippen LogP contribution in [0.2, 0.25) is 0 Å². The van der Waals surface area contributed by atoms with E-state index >= 15 is 0 Å². The van der Waals surface area contributed by atoms with Gasteiger partial charge in [0, 0.05) is 24.5 Å². The van der Waals surface area contributed by atoms with Crippen molar-refractivity contribution in [3.05, 3.63) is 56.0 Å². The Hall–Kier alpha value is -2.67. The number of nitrogen functional groups attached to an aromatic ring is 1. The Balaban J connectivity index is 2.09. The summed E-state index contributed by atoms with van der Waals surface area (Å²) in [5, 5.41) is 2.63. The second kappa shape index (κ2) is 7.52. The molecule has 3 aromatic rings. The van der Waals surface area contributed by atoms with Gasteiger partial charge in [0.25, 0.3) is 5.56 Å². The Morgan fingerprint density at radius 3 is 2.44 bits per heavy atom. The van der Waals surface area contributed by atoms with Crippen molar-refractivity contribution in [2.45, 2.75) is 39.7 Å². The summed E-state index contributed by atoms with van der Waals surface area (Å²) in [5.41, 5.74) is 8.41. The average molecular weight is 385 g/mol. The van der Waals surface area contributed by atoms with Crippen LogP contribution in [0.3, 0.4) is 0 Å². The van der Waals surface area contributed by atoms with E-state index in [0.29, 0.717) is 18.2 Å². The molecule has 0 atom stereocenters. The fourth-order valence-electron chi connectivity index (χ4n) is 3.00. The molecule has 0 aliphatic rings. The van der Waals surface area contributed by atoms with Crippen molar-refractivity contribution in [1.82, 2.24) is 14.1 Å². The van der Waals surface area contributed by atoms with Crippen LogP contribution in [0.15, 0.2) is 39.2 Å². The van der Waals surface area contributed by atoms with E-state index in [2.05, 4.69) is 31.0 Å². The van der Waals surface area contributed by atoms with Gasteiger partial charge in [0.05, 0.1) is 5.69 Å². The molecular weight excluding hydrogens is 360 g/mol. The summed E-state index contributed by atoms with van der Waals surface area (Å²) in [6.07, 6.45) is 0.742. The van der Waals surface area contributed by atoms with Crippen LogP contribution in [0, 0.1) is 0 Å². The number of hydrogen-bond acceptors (Lipinski definition) is 5. The van der Waals surface area contributed by atoms with Gasteiger partial charge in [0.15, 0.2) is 0 Å². The molecule has 0 bridgehead atoms. The third-order valence-electron chi connectivity index (χ3n) is 4.62. The van der Waals surface area contributed by atoms with Crippen molar-refractivity contribution < 1.29 is 0 Å². The molecule has 0 unspecified atom stereocenters. The molecule has 2 heterocycles. The van der Waals surface area contributed by atoms with Crippen LogP contribution in [-0.2, 0) is 13.6 Å². The van der Waals surface area contributed by atoms with E-state index in [4.69, 9.17) is 5.73 Å². The Morgan fingerprint density at radius 2 is 1.85 bits per heavy atom. The molecule has 0 amide bonds. The summed E-state index contributed by atoms with van der Waals surface area (Å²) in [5.74, 6) is 0.644. The SMILES string of the molecule is CCCn1c(N)c(-c2csc(-c3ccc(C(C)C)cc3)n2)c(=O)n(C)c1=O. The molecule has 0 radical (unpaired) electrons. The Morgan fingerprint density at radius 1 is 1.19 bits per heavy atom. The fourth-order valence-corrected chi connectivity index (χ4v) is 3.81. The molecular formula is C20H24N4O2S. The molecule has 1 aromatic carbocycles. The lowest BCUT2D eigenvalue weighted by molar-refractivity contribution is 0.600. The van der Waals surface area contributed by atoms with Crippen LogP contribution < -0.4 is 17.0 Å². The maximum Gasteiger partial charge on any atom is 0.332 e. The summed E-state index contributed by atoms with van der Waals surface area (Å²) in [7, 11) is 1.47. The molecule has 2 N–H and O–H groups in total. The minimum absolute atomic E-state index is 0.178. The largest absolute Gasteiger partial charge is 0.384 e. The zero-order valence-electron chi connectivity index (χ0n) is 16.0. The maximum atomic E-state index is 12.7. The number of anilines is 1. The number of rotatable bonds is 5. The zero-order chi connectivity index (χ0) is 19.7. The van der Waals surface area contributed by atoms with Crippen molar-refractivity contribution in [1.29, 1.82) is 0 Å². The summed E-state index contributed by atoms with van der Waals surface area (Å²) >= 11 is 1.46. The van der Waals surface area contributed by atoms with E-state index in [9.17, 15) is 9.59 Å². The Bertz CT molecular complexity index is 1070. The van der Waals surface area contributed by atoms with Crippen LogP contribution in [0.4, 0.5) is 5.82 Å². The predicted octanol–water partition coefficient (Wildman–Crippen LogP) is 3.45. The third-order valence-corrected chi connectivity index (χ3v) is 5.51. The molecule has 2 aromatic heterocycles. The van der Waals surface area contributed by atoms with Crippen LogP contribution >= 0.6 is 11.3 Å². The summed E-state index contributed by atoms with van der Waals surface area (Å²) in [6, 6.07) is 8.26. The highest BCUT2D eigenvalue weighted by molar-refractivity contribution is 7.13. The van der Waals surface area contributed by atoms with Crippen molar-refractivity contribution in [2.24, 2.45) is 7.05 Å². The highest BCUT2D eigenvalue weighted by Crippen LogP contribution is 2.30. The highest BCUT2D eigenvalue weighted by Gasteiger charge is 2.19. The van der Waals surface area contributed by atoms with E-state index in [1.807, 2.05) is 24.4 Å². The van der Waals surface area contributed by atoms with Crippen LogP contribution in [0.25, 0.3) is 21.8 Å². The molecule has 27 heavy (non-hydrogen) atoms. The lowest BCUT2D eigenvalue weighted by Crippen LogP contribution is -2.40. The van der Waals surface area contributed by atoms with E-state index in [1.54, 1.807) is 0 Å². The fraction of sp³-hybridized carbons (Fsp3) is 0.350. The molecule has 142 valence electrons. The molecule has 7 heteroatoms. The van der Waals surface area contributed by atoms with Crippen molar-refractivity contribution in [3.8, 4) is 21.8 Å². The Kier molecular flexibility index (Phi) is 5.32. The minimum Gasteiger partial charge on any atom is -0.384 e. The first-order valence-corrected chi connectivity index (χ1v) is 9.88. The van der Waals surface area contributed by atoms with E-state index < -0.39 is 11.2 Å². The molecule has 6 nitrogen and oxygen atoms in total. The standard InChI is InChI=1S/C20H24N4O2S/c1-5-10-24-17(21)16(19(25)23(4)20(24)26)15-11-27-18(22-15)14-8-6-13(7-9-14)12(2)3/h6-9,11-12H,5,10,21H2,1-4H3. The normalized spacial score (nSPS) is 11.3. The number of nitrogens with zero attached hydrogens (tertiary/aromatic N) is 3. The zero-order valence-corrected chi connectivity index (χ0v) is 16.8. The molecule has 0 saturated carbocycles. The second-order valence-corrected chi connectivity index (χ2v) is 7.73. The lowest BCUT2D eigenvalue weighted by Gasteiger charge is -2.13. The molecule has 0 saturated heterocycles. The van der Waals surface area contributed by atoms with Crippen molar-refractivity contribution >= 4 is 17.2 Å². The summed E-state index contributed by atoms with van der Waals surface area (Å²) in [6.45, 7) is 6.72. The van der Waals surface area contributed by atoms with Gasteiger partial charge < -0.3 is 5.73 Å². The third kappa shape index (κ3) is 3.47. The highest BCUT2D eigenvalue weighted by atomic mass is 32.1. The number of aromatic nitrogens is 3. The van der Waals surface area contributed by atoms with Crippen molar-refractivity contribution in [3.63, 3.8) is 0 Å². The van der Waals surface area contributed by atoms with E-state index in [0.717, 1.165) is 21.6 Å². The van der Waals surface area contributed by atoms with Gasteiger partial charge in [-0.1, -0.05) is 45.0 Å². The number of nitrogens with two attached hydrogens (primary N) is 1. The maximum absolute atomic E-state index is 12.7. The van der Waals surface area contributed by atoms with Crippen LogP contribution in [0.1, 0.15) is 38.7 Å². The molecule has 3 rings (SSSR count). The predicted molar refractivity (Wildman–Crippen MR) is 111 cm³/mol. The van der Waals surface area contributed by atoms with E-state index in [1.165, 1.54) is 28.5 Å². The first-order chi connectivity index (χ1) is 12.8. The Labute approximate surface area is 161 Å². The van der Waals surface area contributed by atoms with Gasteiger partial charge in [-0.25, -0.2) is 9.78 Å². The first kappa shape index (κ1) is 19.1. The summed E-state index contributed by atoms with van der Waals surface area (Å²) < 4.78 is 2.53. The summed E-state index contributed by atoms with van der Waals surface area (Å²) in [4.78, 5) is 29.6.